The largest absolute Gasteiger partial charge is 0.497 e. The van der Waals surface area contributed by atoms with Crippen LogP contribution in [-0.2, 0) is 0 Å². The minimum atomic E-state index is 0.0149. The van der Waals surface area contributed by atoms with Crippen molar-refractivity contribution < 1.29 is 9.53 Å². The van der Waals surface area contributed by atoms with Crippen molar-refractivity contribution in [2.45, 2.75) is 0 Å². The van der Waals surface area contributed by atoms with Gasteiger partial charge in [0, 0.05) is 10.4 Å². The molecule has 0 N–H and O–H groups in total. The number of hydrogen-bond donors (Lipinski definition) is 0. The summed E-state index contributed by atoms with van der Waals surface area (Å²) in [5, 5.41) is 4.09. The quantitative estimate of drug-likeness (QED) is 0.510. The van der Waals surface area contributed by atoms with Gasteiger partial charge in [0.1, 0.15) is 5.75 Å². The number of carbonyl (C=O) groups is 1. The fourth-order valence-corrected chi connectivity index (χ4v) is 2.76. The molecule has 0 bridgehead atoms. The summed E-state index contributed by atoms with van der Waals surface area (Å²) in [4.78, 5) is 13.3. The van der Waals surface area contributed by atoms with Crippen LogP contribution in [0.4, 0.5) is 0 Å². The predicted molar refractivity (Wildman–Crippen MR) is 88.2 cm³/mol. The molecule has 0 unspecified atom stereocenters. The molecule has 0 aliphatic carbocycles. The lowest BCUT2D eigenvalue weighted by Crippen LogP contribution is -1.93. The van der Waals surface area contributed by atoms with Crippen LogP contribution in [-0.4, -0.2) is 12.9 Å². The smallest absolute Gasteiger partial charge is 0.185 e. The van der Waals surface area contributed by atoms with E-state index in [1.807, 2.05) is 60.0 Å². The molecular formula is C18H14O2S. The highest BCUT2D eigenvalue weighted by Gasteiger charge is 2.04. The molecule has 0 fully saturated rings. The van der Waals surface area contributed by atoms with Crippen molar-refractivity contribution >= 4 is 34.0 Å². The number of benzene rings is 2. The molecule has 0 aliphatic rings. The molecule has 1 aromatic heterocycles. The van der Waals surface area contributed by atoms with E-state index in [2.05, 4.69) is 0 Å². The molecule has 104 valence electrons. The zero-order chi connectivity index (χ0) is 14.7. The van der Waals surface area contributed by atoms with Gasteiger partial charge in [0.25, 0.3) is 0 Å². The summed E-state index contributed by atoms with van der Waals surface area (Å²) in [5.74, 6) is 0.834. The molecule has 0 radical (unpaired) electrons. The lowest BCUT2D eigenvalue weighted by Gasteiger charge is -2.04. The van der Waals surface area contributed by atoms with Crippen molar-refractivity contribution in [3.05, 3.63) is 70.4 Å². The van der Waals surface area contributed by atoms with E-state index >= 15 is 0 Å². The number of methoxy groups -OCH3 is 1. The molecular weight excluding hydrogens is 280 g/mol. The van der Waals surface area contributed by atoms with E-state index in [-0.39, 0.29) is 5.78 Å². The van der Waals surface area contributed by atoms with Gasteiger partial charge >= 0.3 is 0 Å². The first-order valence-corrected chi connectivity index (χ1v) is 7.48. The third-order valence-electron chi connectivity index (χ3n) is 3.27. The summed E-state index contributed by atoms with van der Waals surface area (Å²) in [5.41, 5.74) is 0.695. The second kappa shape index (κ2) is 5.94. The van der Waals surface area contributed by atoms with E-state index in [4.69, 9.17) is 4.74 Å². The van der Waals surface area contributed by atoms with Gasteiger partial charge < -0.3 is 4.74 Å². The van der Waals surface area contributed by atoms with Crippen LogP contribution in [0, 0.1) is 0 Å². The number of ether oxygens (including phenoxy) is 1. The number of allylic oxidation sites excluding steroid dienone is 1. The lowest BCUT2D eigenvalue weighted by molar-refractivity contribution is 0.104. The molecule has 0 saturated heterocycles. The number of ketones is 1. The summed E-state index contributed by atoms with van der Waals surface area (Å²) in [6.07, 6.45) is 3.47. The van der Waals surface area contributed by atoms with Gasteiger partial charge in [0.05, 0.1) is 7.11 Å². The van der Waals surface area contributed by atoms with Crippen LogP contribution in [0.3, 0.4) is 0 Å². The van der Waals surface area contributed by atoms with Crippen LogP contribution >= 0.6 is 11.3 Å². The monoisotopic (exact) mass is 294 g/mol. The summed E-state index contributed by atoms with van der Waals surface area (Å²) >= 11 is 1.61. The standard InChI is InChI=1S/C18H14O2S/c1-20-16-7-6-13-11-15(5-4-14(13)12-16)18(19)9-8-17-3-2-10-21-17/h2-12H,1H3. The van der Waals surface area contributed by atoms with Crippen LogP contribution in [0.15, 0.2) is 60.0 Å². The van der Waals surface area contributed by atoms with Crippen LogP contribution in [0.25, 0.3) is 16.8 Å². The highest BCUT2D eigenvalue weighted by atomic mass is 32.1. The van der Waals surface area contributed by atoms with Gasteiger partial charge in [0.2, 0.25) is 0 Å². The Morgan fingerprint density at radius 3 is 2.67 bits per heavy atom. The first kappa shape index (κ1) is 13.6. The first-order valence-electron chi connectivity index (χ1n) is 6.60. The molecule has 2 aromatic carbocycles. The molecule has 0 atom stereocenters. The summed E-state index contributed by atoms with van der Waals surface area (Å²) in [6, 6.07) is 15.5. The highest BCUT2D eigenvalue weighted by molar-refractivity contribution is 7.10. The number of fused-ring (bicyclic) bond motifs is 1. The summed E-state index contributed by atoms with van der Waals surface area (Å²) < 4.78 is 5.20. The van der Waals surface area contributed by atoms with E-state index in [0.29, 0.717) is 5.56 Å². The third-order valence-corrected chi connectivity index (χ3v) is 4.11. The van der Waals surface area contributed by atoms with E-state index in [1.54, 1.807) is 24.5 Å². The topological polar surface area (TPSA) is 26.3 Å². The molecule has 0 amide bonds. The molecule has 1 heterocycles. The number of carbonyl (C=O) groups excluding carboxylic acids is 1. The fraction of sp³-hybridized carbons (Fsp3) is 0.0556. The zero-order valence-electron chi connectivity index (χ0n) is 11.6. The van der Waals surface area contributed by atoms with E-state index in [1.165, 1.54) is 0 Å². The Kier molecular flexibility index (Phi) is 3.84. The fourth-order valence-electron chi connectivity index (χ4n) is 2.14. The zero-order valence-corrected chi connectivity index (χ0v) is 12.4. The maximum absolute atomic E-state index is 12.2. The Balaban J connectivity index is 1.88. The Hall–Kier alpha value is -2.39. The summed E-state index contributed by atoms with van der Waals surface area (Å²) in [7, 11) is 1.65. The summed E-state index contributed by atoms with van der Waals surface area (Å²) in [6.45, 7) is 0. The molecule has 3 heteroatoms. The van der Waals surface area contributed by atoms with Crippen molar-refractivity contribution in [1.29, 1.82) is 0 Å². The Labute approximate surface area is 127 Å². The molecule has 0 saturated carbocycles. The molecule has 2 nitrogen and oxygen atoms in total. The van der Waals surface area contributed by atoms with Crippen molar-refractivity contribution in [2.24, 2.45) is 0 Å². The SMILES string of the molecule is COc1ccc2cc(C(=O)C=Cc3cccs3)ccc2c1. The maximum atomic E-state index is 12.2. The van der Waals surface area contributed by atoms with Crippen LogP contribution in [0.1, 0.15) is 15.2 Å². The Morgan fingerprint density at radius 2 is 1.90 bits per heavy atom. The van der Waals surface area contributed by atoms with Crippen LogP contribution < -0.4 is 4.74 Å². The molecule has 0 aliphatic heterocycles. The van der Waals surface area contributed by atoms with Gasteiger partial charge in [-0.3, -0.25) is 4.79 Å². The minimum Gasteiger partial charge on any atom is -0.497 e. The number of rotatable bonds is 4. The van der Waals surface area contributed by atoms with Gasteiger partial charge in [-0.05, 0) is 52.6 Å². The maximum Gasteiger partial charge on any atom is 0.185 e. The normalized spacial score (nSPS) is 11.1. The van der Waals surface area contributed by atoms with Crippen molar-refractivity contribution in [3.63, 3.8) is 0 Å². The first-order chi connectivity index (χ1) is 10.3. The molecule has 21 heavy (non-hydrogen) atoms. The second-order valence-electron chi connectivity index (χ2n) is 4.64. The van der Waals surface area contributed by atoms with Crippen LogP contribution in [0.5, 0.6) is 5.75 Å². The lowest BCUT2D eigenvalue weighted by atomic mass is 10.0. The van der Waals surface area contributed by atoms with Gasteiger partial charge in [-0.2, -0.15) is 0 Å². The molecule has 3 aromatic rings. The van der Waals surface area contributed by atoms with E-state index < -0.39 is 0 Å². The van der Waals surface area contributed by atoms with Crippen LogP contribution in [0.2, 0.25) is 0 Å². The minimum absolute atomic E-state index is 0.0149. The van der Waals surface area contributed by atoms with E-state index in [0.717, 1.165) is 21.4 Å². The van der Waals surface area contributed by atoms with Gasteiger partial charge in [-0.1, -0.05) is 24.3 Å². The molecule has 3 rings (SSSR count). The van der Waals surface area contributed by atoms with E-state index in [9.17, 15) is 4.79 Å². The van der Waals surface area contributed by atoms with Gasteiger partial charge in [-0.15, -0.1) is 11.3 Å². The average Bonchev–Trinajstić information content (AvgIpc) is 3.05. The van der Waals surface area contributed by atoms with Crippen molar-refractivity contribution in [3.8, 4) is 5.75 Å². The van der Waals surface area contributed by atoms with Crippen molar-refractivity contribution in [2.75, 3.05) is 7.11 Å². The highest BCUT2D eigenvalue weighted by Crippen LogP contribution is 2.22. The Morgan fingerprint density at radius 1 is 1.10 bits per heavy atom. The number of hydrogen-bond acceptors (Lipinski definition) is 3. The Bertz CT molecular complexity index is 801. The third kappa shape index (κ3) is 3.03. The van der Waals surface area contributed by atoms with Gasteiger partial charge in [-0.25, -0.2) is 0 Å². The second-order valence-corrected chi connectivity index (χ2v) is 5.62. The number of thiophene rings is 1. The molecule has 0 spiro atoms. The predicted octanol–water partition coefficient (Wildman–Crippen LogP) is 4.81. The van der Waals surface area contributed by atoms with Crippen molar-refractivity contribution in [1.82, 2.24) is 0 Å². The average molecular weight is 294 g/mol. The van der Waals surface area contributed by atoms with Gasteiger partial charge in [0.15, 0.2) is 5.78 Å².